The van der Waals surface area contributed by atoms with Crippen LogP contribution in [0.4, 0.5) is 0 Å². The lowest BCUT2D eigenvalue weighted by molar-refractivity contribution is 0.0953. The molecule has 0 aromatic heterocycles. The monoisotopic (exact) mass is 378 g/mol. The first-order valence-corrected chi connectivity index (χ1v) is 9.60. The topological polar surface area (TPSA) is 108 Å². The first kappa shape index (κ1) is 19.7. The number of rotatable bonds is 8. The summed E-state index contributed by atoms with van der Waals surface area (Å²) in [6, 6.07) is 11.2. The van der Waals surface area contributed by atoms with Crippen LogP contribution < -0.4 is 19.9 Å². The summed E-state index contributed by atoms with van der Waals surface area (Å²) in [5, 5.41) is 7.88. The van der Waals surface area contributed by atoms with Crippen molar-refractivity contribution >= 4 is 15.9 Å². The van der Waals surface area contributed by atoms with E-state index in [1.54, 1.807) is 30.3 Å². The molecule has 3 N–H and O–H groups in total. The lowest BCUT2D eigenvalue weighted by atomic mass is 10.1. The number of hydrogen-bond donors (Lipinski definition) is 2. The molecule has 0 saturated carbocycles. The molecule has 8 heteroatoms. The van der Waals surface area contributed by atoms with Crippen molar-refractivity contribution in [3.8, 4) is 11.5 Å². The van der Waals surface area contributed by atoms with E-state index in [2.05, 4.69) is 5.32 Å². The number of benzene rings is 2. The van der Waals surface area contributed by atoms with Gasteiger partial charge in [0.25, 0.3) is 5.91 Å². The Morgan fingerprint density at radius 1 is 1.12 bits per heavy atom. The largest absolute Gasteiger partial charge is 0.493 e. The van der Waals surface area contributed by atoms with E-state index in [9.17, 15) is 13.2 Å². The molecule has 0 aliphatic heterocycles. The molecule has 26 heavy (non-hydrogen) atoms. The fraction of sp³-hybridized carbons (Fsp3) is 0.278. The summed E-state index contributed by atoms with van der Waals surface area (Å²) in [6.07, 6.45) is 0.560. The summed E-state index contributed by atoms with van der Waals surface area (Å²) < 4.78 is 33.1. The van der Waals surface area contributed by atoms with E-state index in [-0.39, 0.29) is 10.8 Å². The second kappa shape index (κ2) is 8.68. The Kier molecular flexibility index (Phi) is 6.59. The number of nitrogens with one attached hydrogen (secondary N) is 1. The second-order valence-electron chi connectivity index (χ2n) is 5.49. The predicted octanol–water partition coefficient (Wildman–Crippen LogP) is 1.71. The van der Waals surface area contributed by atoms with Crippen molar-refractivity contribution in [3.63, 3.8) is 0 Å². The van der Waals surface area contributed by atoms with Crippen LogP contribution in [0.2, 0.25) is 0 Å². The number of hydrogen-bond acceptors (Lipinski definition) is 5. The van der Waals surface area contributed by atoms with Gasteiger partial charge in [-0.2, -0.15) is 0 Å². The molecule has 1 amide bonds. The molecule has 7 nitrogen and oxygen atoms in total. The van der Waals surface area contributed by atoms with Gasteiger partial charge in [-0.25, -0.2) is 13.6 Å². The highest BCUT2D eigenvalue weighted by molar-refractivity contribution is 7.89. The minimum atomic E-state index is -3.70. The van der Waals surface area contributed by atoms with E-state index in [1.165, 1.54) is 19.2 Å². The molecule has 0 unspecified atom stereocenters. The van der Waals surface area contributed by atoms with Crippen molar-refractivity contribution in [2.75, 3.05) is 20.3 Å². The smallest absolute Gasteiger partial charge is 0.251 e. The lowest BCUT2D eigenvalue weighted by Crippen LogP contribution is -2.25. The van der Waals surface area contributed by atoms with Crippen LogP contribution in [0.1, 0.15) is 22.8 Å². The van der Waals surface area contributed by atoms with Crippen LogP contribution in [0.5, 0.6) is 11.5 Å². The molecule has 0 heterocycles. The van der Waals surface area contributed by atoms with Gasteiger partial charge in [0.2, 0.25) is 10.0 Å². The average Bonchev–Trinajstić information content (AvgIpc) is 2.62. The zero-order valence-electron chi connectivity index (χ0n) is 14.7. The molecule has 0 aliphatic rings. The molecule has 140 valence electrons. The van der Waals surface area contributed by atoms with E-state index in [4.69, 9.17) is 14.6 Å². The van der Waals surface area contributed by atoms with Gasteiger partial charge in [0, 0.05) is 12.1 Å². The number of ether oxygens (including phenoxy) is 2. The second-order valence-corrected chi connectivity index (χ2v) is 7.05. The molecular weight excluding hydrogens is 356 g/mol. The van der Waals surface area contributed by atoms with Gasteiger partial charge in [-0.3, -0.25) is 4.79 Å². The van der Waals surface area contributed by atoms with Gasteiger partial charge >= 0.3 is 0 Å². The molecule has 2 rings (SSSR count). The van der Waals surface area contributed by atoms with Crippen LogP contribution >= 0.6 is 0 Å². The Morgan fingerprint density at radius 2 is 1.81 bits per heavy atom. The number of amides is 1. The third-order valence-electron chi connectivity index (χ3n) is 3.68. The third-order valence-corrected chi connectivity index (χ3v) is 4.61. The molecule has 0 aliphatic carbocycles. The Labute approximate surface area is 153 Å². The van der Waals surface area contributed by atoms with Crippen molar-refractivity contribution in [3.05, 3.63) is 53.6 Å². The van der Waals surface area contributed by atoms with Gasteiger partial charge in [-0.15, -0.1) is 0 Å². The number of carbonyl (C=O) groups is 1. The molecule has 0 bridgehead atoms. The van der Waals surface area contributed by atoms with Crippen LogP contribution in [0.3, 0.4) is 0 Å². The van der Waals surface area contributed by atoms with Gasteiger partial charge in [-0.05, 0) is 49.2 Å². The quantitative estimate of drug-likeness (QED) is 0.727. The number of sulfonamides is 1. The van der Waals surface area contributed by atoms with Crippen LogP contribution in [-0.4, -0.2) is 34.6 Å². The van der Waals surface area contributed by atoms with Crippen LogP contribution in [-0.2, 0) is 16.4 Å². The van der Waals surface area contributed by atoms with E-state index in [1.807, 2.05) is 6.92 Å². The average molecular weight is 378 g/mol. The fourth-order valence-corrected chi connectivity index (χ4v) is 2.87. The van der Waals surface area contributed by atoms with Crippen LogP contribution in [0.15, 0.2) is 47.4 Å². The summed E-state index contributed by atoms with van der Waals surface area (Å²) in [6.45, 7) is 2.78. The standard InChI is InChI=1S/C18H22N2O5S/c1-3-25-16-9-6-14(12-17(16)24-2)18(21)20-11-10-13-4-7-15(8-5-13)26(19,22)23/h4-9,12H,3,10-11H2,1-2H3,(H,20,21)(H2,19,22,23). The third kappa shape index (κ3) is 5.21. The van der Waals surface area contributed by atoms with Gasteiger partial charge in [0.1, 0.15) is 0 Å². The molecule has 0 radical (unpaired) electrons. The van der Waals surface area contributed by atoms with Gasteiger partial charge < -0.3 is 14.8 Å². The minimum absolute atomic E-state index is 0.0618. The molecule has 2 aromatic rings. The summed E-state index contributed by atoms with van der Waals surface area (Å²) >= 11 is 0. The number of carbonyl (C=O) groups excluding carboxylic acids is 1. The van der Waals surface area contributed by atoms with Crippen molar-refractivity contribution in [2.24, 2.45) is 5.14 Å². The Balaban J connectivity index is 1.94. The first-order chi connectivity index (χ1) is 12.3. The SMILES string of the molecule is CCOc1ccc(C(=O)NCCc2ccc(S(N)(=O)=O)cc2)cc1OC. The molecule has 0 saturated heterocycles. The van der Waals surface area contributed by atoms with E-state index in [0.29, 0.717) is 36.6 Å². The minimum Gasteiger partial charge on any atom is -0.493 e. The van der Waals surface area contributed by atoms with Crippen LogP contribution in [0, 0.1) is 0 Å². The number of primary sulfonamides is 1. The Hall–Kier alpha value is -2.58. The normalized spacial score (nSPS) is 11.0. The lowest BCUT2D eigenvalue weighted by Gasteiger charge is -2.11. The van der Waals surface area contributed by atoms with Crippen LogP contribution in [0.25, 0.3) is 0 Å². The molecule has 0 fully saturated rings. The molecule has 2 aromatic carbocycles. The van der Waals surface area contributed by atoms with E-state index >= 15 is 0 Å². The zero-order valence-corrected chi connectivity index (χ0v) is 15.5. The maximum atomic E-state index is 12.3. The predicted molar refractivity (Wildman–Crippen MR) is 98.0 cm³/mol. The highest BCUT2D eigenvalue weighted by Gasteiger charge is 2.11. The maximum absolute atomic E-state index is 12.3. The van der Waals surface area contributed by atoms with Crippen molar-refractivity contribution in [2.45, 2.75) is 18.2 Å². The summed E-state index contributed by atoms with van der Waals surface area (Å²) in [7, 11) is -2.18. The van der Waals surface area contributed by atoms with Gasteiger partial charge in [0.15, 0.2) is 11.5 Å². The summed E-state index contributed by atoms with van der Waals surface area (Å²) in [5.41, 5.74) is 1.36. The van der Waals surface area contributed by atoms with Gasteiger partial charge in [0.05, 0.1) is 18.6 Å². The van der Waals surface area contributed by atoms with Gasteiger partial charge in [-0.1, -0.05) is 12.1 Å². The highest BCUT2D eigenvalue weighted by atomic mass is 32.2. The van der Waals surface area contributed by atoms with Crippen molar-refractivity contribution in [1.82, 2.24) is 5.32 Å². The van der Waals surface area contributed by atoms with Crippen molar-refractivity contribution in [1.29, 1.82) is 0 Å². The Bertz CT molecular complexity index is 864. The molecular formula is C18H22N2O5S. The highest BCUT2D eigenvalue weighted by Crippen LogP contribution is 2.27. The Morgan fingerprint density at radius 3 is 2.38 bits per heavy atom. The molecule has 0 spiro atoms. The van der Waals surface area contributed by atoms with E-state index in [0.717, 1.165) is 5.56 Å². The molecule has 0 atom stereocenters. The van der Waals surface area contributed by atoms with Crippen molar-refractivity contribution < 1.29 is 22.7 Å². The first-order valence-electron chi connectivity index (χ1n) is 8.06. The number of nitrogens with two attached hydrogens (primary N) is 1. The summed E-state index contributed by atoms with van der Waals surface area (Å²) in [4.78, 5) is 12.3. The summed E-state index contributed by atoms with van der Waals surface area (Å²) in [5.74, 6) is 0.854. The van der Waals surface area contributed by atoms with E-state index < -0.39 is 10.0 Å². The fourth-order valence-electron chi connectivity index (χ4n) is 2.35. The zero-order chi connectivity index (χ0) is 19.2. The maximum Gasteiger partial charge on any atom is 0.251 e. The number of methoxy groups -OCH3 is 1.